The maximum Gasteiger partial charge on any atom is 0.225 e. The minimum absolute atomic E-state index is 0.748. The van der Waals surface area contributed by atoms with Gasteiger partial charge in [-0.15, -0.1) is 15.3 Å². The third-order valence-electron chi connectivity index (χ3n) is 4.63. The van der Waals surface area contributed by atoms with Crippen LogP contribution in [0.15, 0.2) is 55.2 Å². The van der Waals surface area contributed by atoms with Gasteiger partial charge in [0, 0.05) is 50.3 Å². The molecule has 0 atom stereocenters. The average molecular weight is 359 g/mol. The van der Waals surface area contributed by atoms with Crippen molar-refractivity contribution in [2.24, 2.45) is 0 Å². The van der Waals surface area contributed by atoms with Crippen molar-refractivity contribution in [3.05, 3.63) is 55.2 Å². The summed E-state index contributed by atoms with van der Waals surface area (Å²) in [4.78, 5) is 17.8. The van der Waals surface area contributed by atoms with E-state index < -0.39 is 0 Å². The highest BCUT2D eigenvalue weighted by molar-refractivity contribution is 5.59. The summed E-state index contributed by atoms with van der Waals surface area (Å²) in [5, 5.41) is 12.4. The Balaban J connectivity index is 1.31. The van der Waals surface area contributed by atoms with E-state index in [0.717, 1.165) is 54.8 Å². The van der Waals surface area contributed by atoms with Crippen LogP contribution in [0.3, 0.4) is 0 Å². The first-order chi connectivity index (χ1) is 13.4. The summed E-state index contributed by atoms with van der Waals surface area (Å²) in [6.07, 6.45) is 7.00. The standard InChI is InChI=1S/C18H17N9/c1-2-14(12-19-6-1)15-5-7-20-18(22-15)26-10-8-25(9-11-26)17-4-3-16-23-21-13-27(16)24-17/h1-7,12-13H,8-11H2. The summed E-state index contributed by atoms with van der Waals surface area (Å²) in [6.45, 7) is 3.36. The molecule has 1 fully saturated rings. The molecule has 5 heterocycles. The lowest BCUT2D eigenvalue weighted by molar-refractivity contribution is 0.630. The second kappa shape index (κ2) is 6.60. The van der Waals surface area contributed by atoms with Gasteiger partial charge in [0.15, 0.2) is 5.65 Å². The van der Waals surface area contributed by atoms with Crippen molar-refractivity contribution in [1.82, 2.24) is 34.8 Å². The van der Waals surface area contributed by atoms with E-state index in [4.69, 9.17) is 4.98 Å². The predicted molar refractivity (Wildman–Crippen MR) is 100 cm³/mol. The summed E-state index contributed by atoms with van der Waals surface area (Å²) in [5.41, 5.74) is 2.62. The number of piperazine rings is 1. The van der Waals surface area contributed by atoms with Gasteiger partial charge < -0.3 is 9.80 Å². The minimum Gasteiger partial charge on any atom is -0.352 e. The van der Waals surface area contributed by atoms with E-state index in [1.807, 2.05) is 36.5 Å². The molecule has 0 aliphatic carbocycles. The van der Waals surface area contributed by atoms with Crippen LogP contribution < -0.4 is 9.80 Å². The molecule has 0 bridgehead atoms. The molecule has 1 aliphatic rings. The molecule has 4 aromatic rings. The Kier molecular flexibility index (Phi) is 3.82. The maximum absolute atomic E-state index is 4.72. The second-order valence-corrected chi connectivity index (χ2v) is 6.28. The van der Waals surface area contributed by atoms with Gasteiger partial charge in [-0.3, -0.25) is 4.98 Å². The van der Waals surface area contributed by atoms with Crippen molar-refractivity contribution in [2.75, 3.05) is 36.0 Å². The van der Waals surface area contributed by atoms with Gasteiger partial charge in [-0.05, 0) is 30.3 Å². The fourth-order valence-corrected chi connectivity index (χ4v) is 3.20. The molecular formula is C18H17N9. The van der Waals surface area contributed by atoms with Gasteiger partial charge in [0.05, 0.1) is 5.69 Å². The molecule has 0 amide bonds. The molecule has 0 saturated carbocycles. The fourth-order valence-electron chi connectivity index (χ4n) is 3.20. The molecule has 0 spiro atoms. The zero-order valence-electron chi connectivity index (χ0n) is 14.5. The number of rotatable bonds is 3. The Hall–Kier alpha value is -3.62. The van der Waals surface area contributed by atoms with Gasteiger partial charge in [-0.2, -0.15) is 4.52 Å². The second-order valence-electron chi connectivity index (χ2n) is 6.28. The number of aromatic nitrogens is 7. The first kappa shape index (κ1) is 15.6. The molecular weight excluding hydrogens is 342 g/mol. The number of pyridine rings is 1. The molecule has 1 aliphatic heterocycles. The van der Waals surface area contributed by atoms with Crippen molar-refractivity contribution in [3.8, 4) is 11.3 Å². The molecule has 0 N–H and O–H groups in total. The summed E-state index contributed by atoms with van der Waals surface area (Å²) >= 11 is 0. The Labute approximate surface area is 155 Å². The van der Waals surface area contributed by atoms with Crippen LogP contribution in [0.5, 0.6) is 0 Å². The third-order valence-corrected chi connectivity index (χ3v) is 4.63. The Morgan fingerprint density at radius 1 is 0.889 bits per heavy atom. The zero-order chi connectivity index (χ0) is 18.1. The molecule has 5 rings (SSSR count). The van der Waals surface area contributed by atoms with E-state index in [2.05, 4.69) is 35.1 Å². The van der Waals surface area contributed by atoms with Gasteiger partial charge >= 0.3 is 0 Å². The molecule has 0 aromatic carbocycles. The van der Waals surface area contributed by atoms with Gasteiger partial charge in [0.25, 0.3) is 0 Å². The SMILES string of the molecule is c1cncc(-c2ccnc(N3CCN(c4ccc5nncn5n4)CC3)n2)c1. The van der Waals surface area contributed by atoms with Crippen molar-refractivity contribution in [1.29, 1.82) is 0 Å². The van der Waals surface area contributed by atoms with Crippen molar-refractivity contribution in [2.45, 2.75) is 0 Å². The van der Waals surface area contributed by atoms with Gasteiger partial charge in [0.1, 0.15) is 12.1 Å². The molecule has 9 nitrogen and oxygen atoms in total. The first-order valence-corrected chi connectivity index (χ1v) is 8.77. The maximum atomic E-state index is 4.72. The molecule has 134 valence electrons. The Morgan fingerprint density at radius 2 is 1.78 bits per heavy atom. The normalized spacial score (nSPS) is 14.7. The largest absolute Gasteiger partial charge is 0.352 e. The number of hydrogen-bond acceptors (Lipinski definition) is 8. The summed E-state index contributed by atoms with van der Waals surface area (Å²) in [5.74, 6) is 1.67. The van der Waals surface area contributed by atoms with Crippen LogP contribution in [0, 0.1) is 0 Å². The highest BCUT2D eigenvalue weighted by Crippen LogP contribution is 2.20. The number of fused-ring (bicyclic) bond motifs is 1. The van der Waals surface area contributed by atoms with Gasteiger partial charge in [0.2, 0.25) is 5.95 Å². The lowest BCUT2D eigenvalue weighted by atomic mass is 10.2. The van der Waals surface area contributed by atoms with E-state index >= 15 is 0 Å². The zero-order valence-corrected chi connectivity index (χ0v) is 14.5. The van der Waals surface area contributed by atoms with Crippen LogP contribution in [0.1, 0.15) is 0 Å². The van der Waals surface area contributed by atoms with Crippen molar-refractivity contribution >= 4 is 17.4 Å². The Morgan fingerprint density at radius 3 is 2.63 bits per heavy atom. The quantitative estimate of drug-likeness (QED) is 0.541. The van der Waals surface area contributed by atoms with Crippen LogP contribution >= 0.6 is 0 Å². The molecule has 9 heteroatoms. The van der Waals surface area contributed by atoms with E-state index in [1.165, 1.54) is 0 Å². The fraction of sp³-hybridized carbons (Fsp3) is 0.222. The topological polar surface area (TPSA) is 88.2 Å². The highest BCUT2D eigenvalue weighted by Gasteiger charge is 2.20. The van der Waals surface area contributed by atoms with Gasteiger partial charge in [-0.1, -0.05) is 0 Å². The monoisotopic (exact) mass is 359 g/mol. The number of anilines is 2. The van der Waals surface area contributed by atoms with Crippen LogP contribution in [-0.2, 0) is 0 Å². The van der Waals surface area contributed by atoms with E-state index in [-0.39, 0.29) is 0 Å². The van der Waals surface area contributed by atoms with E-state index in [0.29, 0.717) is 0 Å². The first-order valence-electron chi connectivity index (χ1n) is 8.77. The molecule has 4 aromatic heterocycles. The smallest absolute Gasteiger partial charge is 0.225 e. The molecule has 1 saturated heterocycles. The third kappa shape index (κ3) is 3.03. The summed E-state index contributed by atoms with van der Waals surface area (Å²) < 4.78 is 1.70. The highest BCUT2D eigenvalue weighted by atomic mass is 15.4. The van der Waals surface area contributed by atoms with Crippen LogP contribution in [0.4, 0.5) is 11.8 Å². The van der Waals surface area contributed by atoms with Gasteiger partial charge in [-0.25, -0.2) is 9.97 Å². The predicted octanol–water partition coefficient (Wildman–Crippen LogP) is 1.30. The summed E-state index contributed by atoms with van der Waals surface area (Å²) in [7, 11) is 0. The van der Waals surface area contributed by atoms with Crippen LogP contribution in [0.2, 0.25) is 0 Å². The molecule has 0 radical (unpaired) electrons. The lowest BCUT2D eigenvalue weighted by Crippen LogP contribution is -2.47. The van der Waals surface area contributed by atoms with E-state index in [9.17, 15) is 0 Å². The Bertz CT molecular complexity index is 1050. The van der Waals surface area contributed by atoms with Crippen molar-refractivity contribution < 1.29 is 0 Å². The number of hydrogen-bond donors (Lipinski definition) is 0. The van der Waals surface area contributed by atoms with Crippen LogP contribution in [0.25, 0.3) is 16.9 Å². The van der Waals surface area contributed by atoms with Crippen molar-refractivity contribution in [3.63, 3.8) is 0 Å². The average Bonchev–Trinajstić information content (AvgIpc) is 3.22. The number of nitrogens with zero attached hydrogens (tertiary/aromatic N) is 9. The summed E-state index contributed by atoms with van der Waals surface area (Å²) in [6, 6.07) is 9.75. The molecule has 27 heavy (non-hydrogen) atoms. The minimum atomic E-state index is 0.748. The van der Waals surface area contributed by atoms with E-state index in [1.54, 1.807) is 23.2 Å². The van der Waals surface area contributed by atoms with Crippen LogP contribution in [-0.4, -0.2) is 60.9 Å². The molecule has 0 unspecified atom stereocenters. The lowest BCUT2D eigenvalue weighted by Gasteiger charge is -2.35.